The molecule has 0 fully saturated rings. The fourth-order valence-corrected chi connectivity index (χ4v) is 2.57. The third-order valence-electron chi connectivity index (χ3n) is 3.66. The molecular formula is C17H11FN2O4. The highest BCUT2D eigenvalue weighted by Gasteiger charge is 2.30. The minimum Gasteiger partial charge on any atom is -0.463 e. The van der Waals surface area contributed by atoms with Crippen molar-refractivity contribution in [2.24, 2.45) is 0 Å². The number of allylic oxidation sites excluding steroid dienone is 1. The zero-order valence-corrected chi connectivity index (χ0v) is 12.8. The molecule has 0 unspecified atom stereocenters. The SMILES string of the molecule is COC(=O)c1cc(/C(C#N)=C2/C(=O)Nc3ccc(F)cc32)c(C)o1. The van der Waals surface area contributed by atoms with Crippen molar-refractivity contribution >= 4 is 28.7 Å². The van der Waals surface area contributed by atoms with Crippen LogP contribution >= 0.6 is 0 Å². The topological polar surface area (TPSA) is 92.3 Å². The van der Waals surface area contributed by atoms with Gasteiger partial charge in [0.05, 0.1) is 18.3 Å². The Hall–Kier alpha value is -3.40. The van der Waals surface area contributed by atoms with Crippen LogP contribution in [0, 0.1) is 24.1 Å². The third kappa shape index (κ3) is 2.34. The summed E-state index contributed by atoms with van der Waals surface area (Å²) in [4.78, 5) is 23.8. The second-order valence-electron chi connectivity index (χ2n) is 5.08. The lowest BCUT2D eigenvalue weighted by Gasteiger charge is -2.02. The number of hydrogen-bond acceptors (Lipinski definition) is 5. The van der Waals surface area contributed by atoms with Crippen LogP contribution in [0.3, 0.4) is 0 Å². The number of nitriles is 1. The van der Waals surface area contributed by atoms with E-state index in [9.17, 15) is 19.2 Å². The number of rotatable bonds is 2. The standard InChI is InChI=1S/C17H11FN2O4/c1-8-10(6-14(24-8)17(22)23-2)12(7-19)15-11-5-9(18)3-4-13(11)20-16(15)21/h3-6H,1-2H3,(H,20,21)/b15-12+. The van der Waals surface area contributed by atoms with E-state index in [4.69, 9.17) is 4.42 Å². The van der Waals surface area contributed by atoms with Gasteiger partial charge in [-0.05, 0) is 25.1 Å². The average Bonchev–Trinajstić information content (AvgIpc) is 3.09. The van der Waals surface area contributed by atoms with E-state index in [0.717, 1.165) is 0 Å². The van der Waals surface area contributed by atoms with E-state index in [1.165, 1.54) is 31.4 Å². The zero-order valence-electron chi connectivity index (χ0n) is 12.8. The molecule has 0 saturated heterocycles. The summed E-state index contributed by atoms with van der Waals surface area (Å²) >= 11 is 0. The number of halogens is 1. The van der Waals surface area contributed by atoms with Crippen molar-refractivity contribution in [1.82, 2.24) is 0 Å². The Bertz CT molecular complexity index is 950. The lowest BCUT2D eigenvalue weighted by Crippen LogP contribution is -2.05. The molecule has 1 aliphatic rings. The summed E-state index contributed by atoms with van der Waals surface area (Å²) < 4.78 is 23.4. The minimum absolute atomic E-state index is 0.00625. The smallest absolute Gasteiger partial charge is 0.373 e. The highest BCUT2D eigenvalue weighted by Crippen LogP contribution is 2.38. The number of methoxy groups -OCH3 is 1. The number of furan rings is 1. The number of ether oxygens (including phenoxy) is 1. The van der Waals surface area contributed by atoms with Gasteiger partial charge in [0, 0.05) is 22.9 Å². The molecule has 24 heavy (non-hydrogen) atoms. The summed E-state index contributed by atoms with van der Waals surface area (Å²) in [6.07, 6.45) is 0. The number of amides is 1. The summed E-state index contributed by atoms with van der Waals surface area (Å²) in [7, 11) is 1.20. The number of esters is 1. The Balaban J connectivity index is 2.23. The first-order valence-electron chi connectivity index (χ1n) is 6.91. The Labute approximate surface area is 136 Å². The van der Waals surface area contributed by atoms with E-state index in [-0.39, 0.29) is 33.8 Å². The number of nitrogens with one attached hydrogen (secondary N) is 1. The molecule has 1 N–H and O–H groups in total. The van der Waals surface area contributed by atoms with Crippen molar-refractivity contribution in [2.45, 2.75) is 6.92 Å². The van der Waals surface area contributed by atoms with Gasteiger partial charge in [-0.2, -0.15) is 5.26 Å². The maximum absolute atomic E-state index is 13.5. The minimum atomic E-state index is -0.700. The van der Waals surface area contributed by atoms with E-state index in [0.29, 0.717) is 5.69 Å². The van der Waals surface area contributed by atoms with Gasteiger partial charge < -0.3 is 14.5 Å². The molecule has 2 heterocycles. The quantitative estimate of drug-likeness (QED) is 0.520. The Morgan fingerprint density at radius 1 is 1.38 bits per heavy atom. The van der Waals surface area contributed by atoms with Crippen molar-refractivity contribution in [3.05, 3.63) is 52.7 Å². The molecule has 0 saturated carbocycles. The molecule has 1 amide bonds. The van der Waals surface area contributed by atoms with E-state index < -0.39 is 17.7 Å². The number of carbonyl (C=O) groups excluding carboxylic acids is 2. The van der Waals surface area contributed by atoms with Crippen LogP contribution in [0.4, 0.5) is 10.1 Å². The normalized spacial score (nSPS) is 14.7. The molecule has 6 nitrogen and oxygen atoms in total. The number of benzene rings is 1. The van der Waals surface area contributed by atoms with Crippen LogP contribution in [0.2, 0.25) is 0 Å². The molecule has 1 aliphatic heterocycles. The maximum Gasteiger partial charge on any atom is 0.373 e. The average molecular weight is 326 g/mol. The van der Waals surface area contributed by atoms with Gasteiger partial charge in [0.15, 0.2) is 0 Å². The number of fused-ring (bicyclic) bond motifs is 1. The first-order chi connectivity index (χ1) is 11.5. The Morgan fingerprint density at radius 2 is 2.12 bits per heavy atom. The first-order valence-corrected chi connectivity index (χ1v) is 6.91. The van der Waals surface area contributed by atoms with Crippen molar-refractivity contribution in [2.75, 3.05) is 12.4 Å². The maximum atomic E-state index is 13.5. The fourth-order valence-electron chi connectivity index (χ4n) is 2.57. The summed E-state index contributed by atoms with van der Waals surface area (Å²) in [6.45, 7) is 1.55. The number of aryl methyl sites for hydroxylation is 1. The predicted octanol–water partition coefficient (Wildman–Crippen LogP) is 2.90. The Kier molecular flexibility index (Phi) is 3.66. The van der Waals surface area contributed by atoms with Crippen molar-refractivity contribution in [1.29, 1.82) is 5.26 Å². The number of nitrogens with zero attached hydrogens (tertiary/aromatic N) is 1. The summed E-state index contributed by atoms with van der Waals surface area (Å²) in [6, 6.07) is 7.09. The molecule has 1 aromatic heterocycles. The highest BCUT2D eigenvalue weighted by molar-refractivity contribution is 6.38. The van der Waals surface area contributed by atoms with Crippen molar-refractivity contribution < 1.29 is 23.1 Å². The van der Waals surface area contributed by atoms with E-state index in [1.54, 1.807) is 6.92 Å². The van der Waals surface area contributed by atoms with E-state index >= 15 is 0 Å². The monoisotopic (exact) mass is 326 g/mol. The van der Waals surface area contributed by atoms with Crippen molar-refractivity contribution in [3.63, 3.8) is 0 Å². The van der Waals surface area contributed by atoms with E-state index in [2.05, 4.69) is 10.1 Å². The molecule has 1 aromatic carbocycles. The molecule has 0 spiro atoms. The van der Waals surface area contributed by atoms with Crippen LogP contribution < -0.4 is 5.32 Å². The predicted molar refractivity (Wildman–Crippen MR) is 82.2 cm³/mol. The van der Waals surface area contributed by atoms with Crippen LogP contribution in [-0.4, -0.2) is 19.0 Å². The van der Waals surface area contributed by atoms with Crippen LogP contribution in [0.1, 0.15) is 27.4 Å². The summed E-state index contributed by atoms with van der Waals surface area (Å²) in [5, 5.41) is 12.1. The van der Waals surface area contributed by atoms with Gasteiger partial charge in [-0.25, -0.2) is 9.18 Å². The van der Waals surface area contributed by atoms with Gasteiger partial charge in [0.2, 0.25) is 5.76 Å². The summed E-state index contributed by atoms with van der Waals surface area (Å²) in [5.74, 6) is -1.56. The molecule has 3 rings (SSSR count). The van der Waals surface area contributed by atoms with Crippen LogP contribution in [0.25, 0.3) is 11.1 Å². The van der Waals surface area contributed by atoms with Crippen LogP contribution in [0.15, 0.2) is 28.7 Å². The van der Waals surface area contributed by atoms with Gasteiger partial charge in [0.25, 0.3) is 5.91 Å². The van der Waals surface area contributed by atoms with Gasteiger partial charge >= 0.3 is 5.97 Å². The zero-order chi connectivity index (χ0) is 17.4. The lowest BCUT2D eigenvalue weighted by atomic mass is 9.96. The van der Waals surface area contributed by atoms with E-state index in [1.807, 2.05) is 6.07 Å². The largest absolute Gasteiger partial charge is 0.463 e. The van der Waals surface area contributed by atoms with Gasteiger partial charge in [-0.3, -0.25) is 4.79 Å². The second-order valence-corrected chi connectivity index (χ2v) is 5.08. The molecule has 120 valence electrons. The molecule has 0 bridgehead atoms. The lowest BCUT2D eigenvalue weighted by molar-refractivity contribution is -0.110. The fraction of sp³-hybridized carbons (Fsp3) is 0.118. The van der Waals surface area contributed by atoms with Crippen LogP contribution in [-0.2, 0) is 9.53 Å². The number of carbonyl (C=O) groups is 2. The van der Waals surface area contributed by atoms with Gasteiger partial charge in [-0.15, -0.1) is 0 Å². The third-order valence-corrected chi connectivity index (χ3v) is 3.66. The molecule has 0 atom stereocenters. The molecule has 0 radical (unpaired) electrons. The van der Waals surface area contributed by atoms with Crippen LogP contribution in [0.5, 0.6) is 0 Å². The van der Waals surface area contributed by atoms with Gasteiger partial charge in [-0.1, -0.05) is 0 Å². The molecular weight excluding hydrogens is 315 g/mol. The number of anilines is 1. The Morgan fingerprint density at radius 3 is 2.79 bits per heavy atom. The number of hydrogen-bond donors (Lipinski definition) is 1. The molecule has 2 aromatic rings. The summed E-state index contributed by atoms with van der Waals surface area (Å²) in [5.41, 5.74) is 1.01. The second kappa shape index (κ2) is 5.66. The highest BCUT2D eigenvalue weighted by atomic mass is 19.1. The molecule has 7 heteroatoms. The molecule has 0 aliphatic carbocycles. The van der Waals surface area contributed by atoms with Crippen molar-refractivity contribution in [3.8, 4) is 6.07 Å². The first kappa shape index (κ1) is 15.5. The van der Waals surface area contributed by atoms with Gasteiger partial charge in [0.1, 0.15) is 17.6 Å².